The Morgan fingerprint density at radius 1 is 0.464 bits per heavy atom. The van der Waals surface area contributed by atoms with Gasteiger partial charge in [-0.25, -0.2) is 53.4 Å². The fourth-order valence-electron chi connectivity index (χ4n) is 13.0. The number of aromatic nitrogens is 10. The number of anilines is 5. The van der Waals surface area contributed by atoms with Gasteiger partial charge in [0.25, 0.3) is 29.5 Å². The molecule has 1 aliphatic rings. The molecule has 6 N–H and O–H groups in total. The second-order valence-corrected chi connectivity index (χ2v) is 41.5. The lowest BCUT2D eigenvalue weighted by Crippen LogP contribution is -2.22. The Balaban J connectivity index is 0.000000120. The van der Waals surface area contributed by atoms with Crippen LogP contribution in [0.15, 0.2) is 186 Å². The van der Waals surface area contributed by atoms with Crippen LogP contribution in [-0.4, -0.2) is 116 Å². The van der Waals surface area contributed by atoms with Crippen LogP contribution in [0.4, 0.5) is 25.7 Å². The third-order valence-corrected chi connectivity index (χ3v) is 30.8. The second kappa shape index (κ2) is 37.6. The number of halogens is 1. The summed E-state index contributed by atoms with van der Waals surface area (Å²) in [5, 5.41) is 20.9. The zero-order valence-electron chi connectivity index (χ0n) is 66.3. The van der Waals surface area contributed by atoms with Gasteiger partial charge in [-0.05, 0) is 205 Å². The molecule has 0 fully saturated rings. The Hall–Kier alpha value is -11.7. The van der Waals surface area contributed by atoms with Gasteiger partial charge in [-0.1, -0.05) is 136 Å². The first-order valence-electron chi connectivity index (χ1n) is 37.6. The molecule has 11 heterocycles. The van der Waals surface area contributed by atoms with E-state index in [2.05, 4.69) is 95.3 Å². The average Bonchev–Trinajstić information content (AvgIpc) is 1.84. The molecule has 0 saturated heterocycles. The van der Waals surface area contributed by atoms with E-state index in [-0.39, 0.29) is 51.0 Å². The first-order chi connectivity index (χ1) is 59.3. The van der Waals surface area contributed by atoms with E-state index >= 15 is 0 Å². The largest absolute Gasteiger partial charge is 0.493 e. The second-order valence-electron chi connectivity index (χ2n) is 28.1. The molecule has 21 rings (SSSR count). The summed E-state index contributed by atoms with van der Waals surface area (Å²) in [6.45, 7) is 12.5. The Labute approximate surface area is 761 Å². The number of fused-ring (bicyclic) bond motifs is 16. The lowest BCUT2D eigenvalue weighted by molar-refractivity contribution is -0.346. The zero-order chi connectivity index (χ0) is 85.5. The van der Waals surface area contributed by atoms with E-state index in [1.165, 1.54) is 61.4 Å². The van der Waals surface area contributed by atoms with Gasteiger partial charge in [0.1, 0.15) is 43.0 Å². The number of carbonyl (C=O) groups is 5. The molecular weight excluding hydrogens is 1810 g/mol. The van der Waals surface area contributed by atoms with Crippen molar-refractivity contribution in [2.24, 2.45) is 0 Å². The standard InChI is InChI=1S/C19H18N4O2S3.C18H15N3O2S2.C17H11N3O2S2.C17H13N3OS2.C16H10ClN3OS2.2CH4/c1-11-20-16-15(26-11)10-9-14-17(16)27-19(21-14)22-18(24)12-5-7-13(8-6-12)28(4,25)23(2)3;1-10-3-5-12(6-4-10)23-9-15(22)21-18-20-13-7-8-14-16(17(13)25-18)19-11(2)24-14;21-16(10-2-1-9-5-6-22-12(9)7-10)20-17-19-11-3-4-13-14(15(11)24-17)18-8-23-13;1-9-4-3-5-11(8-9)16(21)20-17-19-12-6-7-13-14(15(12)23-17)18-10(2)22-13;1-8-4-9(6-10(17)5-8)15(21)20-16-19-11-2-3-12-13(14(11)23-16)18-7-22-12;;/h5-10H,4H2,1-3H3,(H,21,22,24);3-8H,9H2,1-2H3,(H,20,21,22);1-4,7-8H,5-6H2,(H,19,20,21);3-8H,1-2H3,(H,19,20,21);2-7H,1H3,(H,19,20,21);2*1H4/p+1. The van der Waals surface area contributed by atoms with Crippen LogP contribution in [0.5, 0.6) is 11.5 Å². The molecule has 1 unspecified atom stereocenters. The number of hydrogen-bond donors (Lipinski definition) is 5. The smallest absolute Gasteiger partial charge is 0.264 e. The molecule has 0 aliphatic carbocycles. The van der Waals surface area contributed by atoms with Crippen LogP contribution in [0, 0.1) is 41.5 Å². The molecule has 1 atom stereocenters. The van der Waals surface area contributed by atoms with Crippen molar-refractivity contribution in [3.8, 4) is 11.5 Å². The summed E-state index contributed by atoms with van der Waals surface area (Å²) in [5.74, 6) is 4.22. The van der Waals surface area contributed by atoms with Crippen LogP contribution in [0.3, 0.4) is 0 Å². The molecule has 632 valence electrons. The fraction of sp³-hybridized carbons (Fsp3) is 0.146. The van der Waals surface area contributed by atoms with Crippen LogP contribution >= 0.6 is 125 Å². The summed E-state index contributed by atoms with van der Waals surface area (Å²) in [7, 11) is 0.895. The summed E-state index contributed by atoms with van der Waals surface area (Å²) >= 11 is 21.5. The summed E-state index contributed by atoms with van der Waals surface area (Å²) in [5.41, 5.74) is 19.3. The molecule has 0 radical (unpaired) electrons. The lowest BCUT2D eigenvalue weighted by Gasteiger charge is -2.16. The van der Waals surface area contributed by atoms with Crippen LogP contribution in [0.25, 0.3) is 102 Å². The van der Waals surface area contributed by atoms with Crippen LogP contribution in [0.1, 0.15) is 93.6 Å². The van der Waals surface area contributed by atoms with Gasteiger partial charge in [0.05, 0.1) is 103 Å². The van der Waals surface area contributed by atoms with Gasteiger partial charge in [0.2, 0.25) is 10.5 Å². The van der Waals surface area contributed by atoms with E-state index in [0.29, 0.717) is 70.2 Å². The molecule has 20 aromatic rings. The van der Waals surface area contributed by atoms with Crippen molar-refractivity contribution in [2.75, 3.05) is 53.9 Å². The van der Waals surface area contributed by atoms with Crippen LogP contribution in [0.2, 0.25) is 5.02 Å². The van der Waals surface area contributed by atoms with E-state index < -0.39 is 9.71 Å². The van der Waals surface area contributed by atoms with Gasteiger partial charge in [-0.3, -0.25) is 50.6 Å². The normalized spacial score (nSPS) is 12.0. The Kier molecular flexibility index (Phi) is 26.6. The van der Waals surface area contributed by atoms with Gasteiger partial charge in [-0.15, -0.1) is 45.3 Å². The number of amides is 5. The predicted octanol–water partition coefficient (Wildman–Crippen LogP) is 23.2. The number of hydrogen-bond acceptors (Lipinski definition) is 27. The summed E-state index contributed by atoms with van der Waals surface area (Å²) in [6.07, 6.45) is 0.902. The quantitative estimate of drug-likeness (QED) is 0.0632. The van der Waals surface area contributed by atoms with E-state index in [1.54, 1.807) is 118 Å². The SMILES string of the molecule is C.C.C=S(=O)(c1ccc(C(=O)Nc2nc3ccc4sc(C)nc4c3s2)cc1)N(C)C.Cc1cc(Cl)cc(C(=O)Nc2nc3ccc4scnc4c3s2)c1.Cc1ccc(OCC(=O)Nc2nc3ccc4sc(C)nc4c3s2)cc1.Cc1cccc(C(=O)Nc2nc3ccc4sc(C)[nH+]c4c3s2)c1.O=C(Nc1nc2ccc3scnc3c2s1)c1ccc2c(c1)OCC2. The maximum Gasteiger partial charge on any atom is 0.264 e. The van der Waals surface area contributed by atoms with E-state index in [9.17, 15) is 28.2 Å². The maximum absolute atomic E-state index is 12.6. The highest BCUT2D eigenvalue weighted by Gasteiger charge is 2.23. The number of thiazole rings is 10. The van der Waals surface area contributed by atoms with Crippen molar-refractivity contribution in [1.29, 1.82) is 0 Å². The Morgan fingerprint density at radius 2 is 0.920 bits per heavy atom. The van der Waals surface area contributed by atoms with Gasteiger partial charge >= 0.3 is 0 Å². The topological polar surface area (TPSA) is 314 Å². The summed E-state index contributed by atoms with van der Waals surface area (Å²) in [4.78, 5) is 106. The highest BCUT2D eigenvalue weighted by Crippen LogP contribution is 2.41. The number of aryl methyl sites for hydroxylation is 6. The number of carbonyl (C=O) groups excluding carboxylic acids is 5. The van der Waals surface area contributed by atoms with Gasteiger partial charge < -0.3 is 9.47 Å². The summed E-state index contributed by atoms with van der Waals surface area (Å²) in [6, 6.07) is 52.5. The van der Waals surface area contributed by atoms with Crippen molar-refractivity contribution in [1.82, 2.24) is 49.2 Å². The third-order valence-electron chi connectivity index (χ3n) is 19.0. The lowest BCUT2D eigenvalue weighted by atomic mass is 10.1. The highest BCUT2D eigenvalue weighted by atomic mass is 35.5. The number of nitrogens with one attached hydrogen (secondary N) is 6. The van der Waals surface area contributed by atoms with Crippen LogP contribution in [-0.2, 0) is 20.9 Å². The first kappa shape index (κ1) is 88.2. The number of ether oxygens (including phenoxy) is 2. The molecule has 0 saturated carbocycles. The molecule has 1 aliphatic heterocycles. The zero-order valence-corrected chi connectivity index (χ0v) is 76.0. The molecule has 125 heavy (non-hydrogen) atoms. The third kappa shape index (κ3) is 19.7. The van der Waals surface area contributed by atoms with Gasteiger partial charge in [-0.2, -0.15) is 4.98 Å². The van der Waals surface area contributed by atoms with Crippen molar-refractivity contribution in [2.45, 2.75) is 67.7 Å². The molecule has 0 spiro atoms. The minimum Gasteiger partial charge on any atom is -0.493 e. The molecule has 10 aromatic heterocycles. The number of H-pyrrole nitrogens is 1. The molecular formula is C89H76ClN16O8S11+. The molecule has 5 amide bonds. The average molecular weight is 1890 g/mol. The molecule has 36 heteroatoms. The maximum atomic E-state index is 12.6. The predicted molar refractivity (Wildman–Crippen MR) is 524 cm³/mol. The monoisotopic (exact) mass is 1880 g/mol. The van der Waals surface area contributed by atoms with E-state index in [0.717, 1.165) is 147 Å². The Bertz CT molecular complexity index is 7630. The molecule has 10 aromatic carbocycles. The van der Waals surface area contributed by atoms with Crippen LogP contribution < -0.4 is 41.0 Å². The molecule has 24 nitrogen and oxygen atoms in total. The minimum absolute atomic E-state index is 0. The molecule has 0 bridgehead atoms. The number of nitrogens with zero attached hydrogens (tertiary/aromatic N) is 10. The van der Waals surface area contributed by atoms with Crippen molar-refractivity contribution in [3.05, 3.63) is 245 Å². The van der Waals surface area contributed by atoms with Crippen molar-refractivity contribution >= 4 is 298 Å². The number of rotatable bonds is 14. The minimum atomic E-state index is -2.53. The Morgan fingerprint density at radius 3 is 1.44 bits per heavy atom. The van der Waals surface area contributed by atoms with E-state index in [4.69, 9.17) is 21.1 Å². The fourth-order valence-corrected chi connectivity index (χ4v) is 23.3. The summed E-state index contributed by atoms with van der Waals surface area (Å²) < 4.78 is 35.9. The van der Waals surface area contributed by atoms with Crippen molar-refractivity contribution < 1.29 is 42.6 Å². The highest BCUT2D eigenvalue weighted by molar-refractivity contribution is 7.98. The van der Waals surface area contributed by atoms with E-state index in [1.807, 2.05) is 167 Å². The number of benzene rings is 10. The van der Waals surface area contributed by atoms with Gasteiger partial charge in [0.15, 0.2) is 32.3 Å². The van der Waals surface area contributed by atoms with Crippen molar-refractivity contribution in [3.63, 3.8) is 0 Å². The van der Waals surface area contributed by atoms with Gasteiger partial charge in [0, 0.05) is 45.5 Å². The number of aromatic amines is 1. The first-order valence-corrected chi connectivity index (χ1v) is 48.0.